The van der Waals surface area contributed by atoms with E-state index in [9.17, 15) is 0 Å². The third-order valence-electron chi connectivity index (χ3n) is 2.18. The minimum atomic E-state index is 0.614. The first-order chi connectivity index (χ1) is 6.70. The highest BCUT2D eigenvalue weighted by molar-refractivity contribution is 7.98. The Labute approximate surface area is 89.0 Å². The zero-order chi connectivity index (χ0) is 10.6. The van der Waals surface area contributed by atoms with Crippen LogP contribution in [0.25, 0.3) is 0 Å². The molecule has 1 aromatic heterocycles. The second kappa shape index (κ2) is 5.14. The quantitative estimate of drug-likeness (QED) is 0.567. The Hall–Kier alpha value is -0.840. The summed E-state index contributed by atoms with van der Waals surface area (Å²) in [6.45, 7) is 2.02. The van der Waals surface area contributed by atoms with Crippen molar-refractivity contribution in [3.05, 3.63) is 11.5 Å². The molecule has 0 aromatic carbocycles. The molecule has 4 nitrogen and oxygen atoms in total. The summed E-state index contributed by atoms with van der Waals surface area (Å²) in [6.07, 6.45) is 4.95. The number of rotatable bonds is 5. The topological polar surface area (TPSA) is 69.9 Å². The van der Waals surface area contributed by atoms with Crippen LogP contribution in [0.2, 0.25) is 0 Å². The highest BCUT2D eigenvalue weighted by atomic mass is 32.2. The normalized spacial score (nSPS) is 10.7. The van der Waals surface area contributed by atoms with Crippen molar-refractivity contribution in [2.24, 2.45) is 0 Å². The molecule has 5 heteroatoms. The molecule has 0 fully saturated rings. The first-order valence-corrected chi connectivity index (χ1v) is 6.20. The zero-order valence-corrected chi connectivity index (χ0v) is 9.60. The molecule has 0 aliphatic rings. The van der Waals surface area contributed by atoms with Crippen molar-refractivity contribution in [3.8, 4) is 0 Å². The van der Waals surface area contributed by atoms with Crippen molar-refractivity contribution in [2.45, 2.75) is 26.2 Å². The van der Waals surface area contributed by atoms with Crippen LogP contribution in [0, 0.1) is 0 Å². The molecule has 80 valence electrons. The molecule has 0 aliphatic heterocycles. The average Bonchev–Trinajstić information content (AvgIpc) is 2.46. The van der Waals surface area contributed by atoms with Crippen LogP contribution in [0.4, 0.5) is 5.82 Å². The first-order valence-electron chi connectivity index (χ1n) is 4.80. The number of nitrogens with two attached hydrogens (primary N) is 2. The first kappa shape index (κ1) is 11.2. The second-order valence-corrected chi connectivity index (χ2v) is 4.17. The molecule has 0 bridgehead atoms. The smallest absolute Gasteiger partial charge is 0.145 e. The van der Waals surface area contributed by atoms with Gasteiger partial charge in [-0.3, -0.25) is 0 Å². The number of anilines is 1. The summed E-state index contributed by atoms with van der Waals surface area (Å²) < 4.78 is 1.49. The van der Waals surface area contributed by atoms with Gasteiger partial charge in [-0.25, -0.2) is 9.66 Å². The zero-order valence-electron chi connectivity index (χ0n) is 8.79. The lowest BCUT2D eigenvalue weighted by molar-refractivity contribution is 0.856. The number of aryl methyl sites for hydroxylation is 2. The standard InChI is InChI=1S/C9H18N4S/c1-3-8-12-7(5-4-6-14-2)9(10)13(8)11/h3-6,10-11H2,1-2H3. The summed E-state index contributed by atoms with van der Waals surface area (Å²) in [5.74, 6) is 8.36. The predicted molar refractivity (Wildman–Crippen MR) is 62.9 cm³/mol. The Kier molecular flexibility index (Phi) is 4.13. The maximum Gasteiger partial charge on any atom is 0.145 e. The fourth-order valence-corrected chi connectivity index (χ4v) is 1.80. The Morgan fingerprint density at radius 2 is 2.21 bits per heavy atom. The molecule has 0 atom stereocenters. The van der Waals surface area contributed by atoms with E-state index in [4.69, 9.17) is 11.6 Å². The van der Waals surface area contributed by atoms with Gasteiger partial charge in [-0.15, -0.1) is 0 Å². The molecule has 1 heterocycles. The molecular weight excluding hydrogens is 196 g/mol. The van der Waals surface area contributed by atoms with Crippen molar-refractivity contribution >= 4 is 17.6 Å². The molecule has 0 saturated heterocycles. The van der Waals surface area contributed by atoms with E-state index in [1.54, 1.807) is 0 Å². The SMILES string of the molecule is CCc1nc(CCCSC)c(N)n1N. The van der Waals surface area contributed by atoms with E-state index >= 15 is 0 Å². The van der Waals surface area contributed by atoms with Crippen molar-refractivity contribution in [1.29, 1.82) is 0 Å². The number of hydrogen-bond donors (Lipinski definition) is 2. The van der Waals surface area contributed by atoms with Gasteiger partial charge in [0.1, 0.15) is 11.6 Å². The van der Waals surface area contributed by atoms with Gasteiger partial charge >= 0.3 is 0 Å². The van der Waals surface area contributed by atoms with E-state index in [2.05, 4.69) is 11.2 Å². The third kappa shape index (κ3) is 2.35. The molecule has 1 aromatic rings. The second-order valence-electron chi connectivity index (χ2n) is 3.18. The maximum absolute atomic E-state index is 5.83. The molecule has 1 rings (SSSR count). The van der Waals surface area contributed by atoms with Gasteiger partial charge in [0.25, 0.3) is 0 Å². The van der Waals surface area contributed by atoms with Crippen molar-refractivity contribution in [3.63, 3.8) is 0 Å². The summed E-state index contributed by atoms with van der Waals surface area (Å²) in [6, 6.07) is 0. The van der Waals surface area contributed by atoms with E-state index in [0.29, 0.717) is 5.82 Å². The van der Waals surface area contributed by atoms with Crippen LogP contribution in [0.1, 0.15) is 24.9 Å². The van der Waals surface area contributed by atoms with Gasteiger partial charge in [0, 0.05) is 6.42 Å². The Morgan fingerprint density at radius 1 is 1.50 bits per heavy atom. The van der Waals surface area contributed by atoms with Gasteiger partial charge in [-0.2, -0.15) is 11.8 Å². The lowest BCUT2D eigenvalue weighted by Gasteiger charge is -1.99. The van der Waals surface area contributed by atoms with E-state index in [1.165, 1.54) is 4.68 Å². The van der Waals surface area contributed by atoms with Crippen LogP contribution >= 0.6 is 11.8 Å². The van der Waals surface area contributed by atoms with Gasteiger partial charge < -0.3 is 11.6 Å². The maximum atomic E-state index is 5.83. The van der Waals surface area contributed by atoms with Crippen molar-refractivity contribution in [2.75, 3.05) is 23.6 Å². The lowest BCUT2D eigenvalue weighted by Crippen LogP contribution is -2.15. The van der Waals surface area contributed by atoms with Crippen molar-refractivity contribution < 1.29 is 0 Å². The highest BCUT2D eigenvalue weighted by Crippen LogP contribution is 2.14. The van der Waals surface area contributed by atoms with Crippen LogP contribution in [-0.2, 0) is 12.8 Å². The van der Waals surface area contributed by atoms with Crippen LogP contribution in [0.15, 0.2) is 0 Å². The van der Waals surface area contributed by atoms with Crippen LogP contribution < -0.4 is 11.6 Å². The monoisotopic (exact) mass is 214 g/mol. The summed E-state index contributed by atoms with van der Waals surface area (Å²) in [7, 11) is 0. The predicted octanol–water partition coefficient (Wildman–Crippen LogP) is 1.04. The Bertz CT molecular complexity index is 295. The number of nitrogens with zero attached hydrogens (tertiary/aromatic N) is 2. The van der Waals surface area contributed by atoms with Gasteiger partial charge in [0.2, 0.25) is 0 Å². The summed E-state index contributed by atoms with van der Waals surface area (Å²) in [5, 5.41) is 0. The van der Waals surface area contributed by atoms with Crippen LogP contribution in [-0.4, -0.2) is 21.7 Å². The molecule has 0 aliphatic carbocycles. The number of thioether (sulfide) groups is 1. The number of nitrogen functional groups attached to an aromatic ring is 2. The van der Waals surface area contributed by atoms with Crippen molar-refractivity contribution in [1.82, 2.24) is 9.66 Å². The number of hydrogen-bond acceptors (Lipinski definition) is 4. The average molecular weight is 214 g/mol. The Morgan fingerprint density at radius 3 is 2.71 bits per heavy atom. The molecule has 0 spiro atoms. The molecule has 0 radical (unpaired) electrons. The van der Waals surface area contributed by atoms with Gasteiger partial charge in [-0.05, 0) is 24.9 Å². The minimum Gasteiger partial charge on any atom is -0.382 e. The largest absolute Gasteiger partial charge is 0.382 e. The van der Waals surface area contributed by atoms with Crippen LogP contribution in [0.5, 0.6) is 0 Å². The van der Waals surface area contributed by atoms with E-state index in [0.717, 1.165) is 36.5 Å². The molecular formula is C9H18N4S. The highest BCUT2D eigenvalue weighted by Gasteiger charge is 2.10. The fraction of sp³-hybridized carbons (Fsp3) is 0.667. The van der Waals surface area contributed by atoms with Gasteiger partial charge in [0.15, 0.2) is 0 Å². The summed E-state index contributed by atoms with van der Waals surface area (Å²) in [4.78, 5) is 4.40. The van der Waals surface area contributed by atoms with E-state index in [1.807, 2.05) is 18.7 Å². The lowest BCUT2D eigenvalue weighted by atomic mass is 10.2. The number of imidazole rings is 1. The molecule has 14 heavy (non-hydrogen) atoms. The fourth-order valence-electron chi connectivity index (χ4n) is 1.36. The van der Waals surface area contributed by atoms with Crippen LogP contribution in [0.3, 0.4) is 0 Å². The van der Waals surface area contributed by atoms with Gasteiger partial charge in [0.05, 0.1) is 5.69 Å². The van der Waals surface area contributed by atoms with Gasteiger partial charge in [-0.1, -0.05) is 6.92 Å². The minimum absolute atomic E-state index is 0.614. The molecule has 4 N–H and O–H groups in total. The summed E-state index contributed by atoms with van der Waals surface area (Å²) >= 11 is 1.84. The molecule has 0 amide bonds. The van der Waals surface area contributed by atoms with E-state index < -0.39 is 0 Å². The Balaban J connectivity index is 2.67. The third-order valence-corrected chi connectivity index (χ3v) is 2.87. The van der Waals surface area contributed by atoms with E-state index in [-0.39, 0.29) is 0 Å². The molecule has 0 unspecified atom stereocenters. The summed E-state index contributed by atoms with van der Waals surface area (Å²) in [5.41, 5.74) is 6.77. The molecule has 0 saturated carbocycles. The number of aromatic nitrogens is 2.